The molecule has 2 aliphatic rings. The molecule has 0 atom stereocenters. The van der Waals surface area contributed by atoms with Gasteiger partial charge in [0.05, 0.1) is 7.11 Å². The van der Waals surface area contributed by atoms with Crippen LogP contribution in [-0.4, -0.2) is 50.3 Å². The minimum atomic E-state index is 0.109. The number of piperazine rings is 1. The van der Waals surface area contributed by atoms with E-state index in [0.29, 0.717) is 0 Å². The van der Waals surface area contributed by atoms with E-state index in [1.54, 1.807) is 7.11 Å². The van der Waals surface area contributed by atoms with Crippen molar-refractivity contribution in [3.05, 3.63) is 24.3 Å². The molecule has 1 heterocycles. The second-order valence-corrected chi connectivity index (χ2v) is 6.18. The first-order valence-corrected chi connectivity index (χ1v) is 7.59. The van der Waals surface area contributed by atoms with Crippen molar-refractivity contribution in [2.24, 2.45) is 5.73 Å². The van der Waals surface area contributed by atoms with E-state index < -0.39 is 0 Å². The van der Waals surface area contributed by atoms with Crippen LogP contribution in [0.15, 0.2) is 24.3 Å². The van der Waals surface area contributed by atoms with Crippen LogP contribution in [-0.2, 0) is 0 Å². The van der Waals surface area contributed by atoms with Crippen LogP contribution in [0.25, 0.3) is 0 Å². The maximum atomic E-state index is 6.35. The molecule has 0 amide bonds. The minimum absolute atomic E-state index is 0.109. The van der Waals surface area contributed by atoms with Crippen molar-refractivity contribution in [1.82, 2.24) is 4.90 Å². The number of anilines is 1. The normalized spacial score (nSPS) is 22.4. The summed E-state index contributed by atoms with van der Waals surface area (Å²) in [6.45, 7) is 5.43. The van der Waals surface area contributed by atoms with Crippen LogP contribution in [0.5, 0.6) is 5.75 Å². The number of methoxy groups -OCH3 is 1. The quantitative estimate of drug-likeness (QED) is 0.908. The van der Waals surface area contributed by atoms with Crippen molar-refractivity contribution in [3.63, 3.8) is 0 Å². The molecule has 110 valence electrons. The lowest BCUT2D eigenvalue weighted by Gasteiger charge is -2.45. The van der Waals surface area contributed by atoms with Gasteiger partial charge >= 0.3 is 0 Å². The fraction of sp³-hybridized carbons (Fsp3) is 0.625. The number of nitrogens with two attached hydrogens (primary N) is 1. The maximum Gasteiger partial charge on any atom is 0.120 e. The number of hydrogen-bond donors (Lipinski definition) is 1. The summed E-state index contributed by atoms with van der Waals surface area (Å²) in [6.07, 6.45) is 3.70. The molecule has 0 radical (unpaired) electrons. The molecule has 1 aliphatic heterocycles. The molecule has 4 nitrogen and oxygen atoms in total. The van der Waals surface area contributed by atoms with Gasteiger partial charge in [0.1, 0.15) is 5.75 Å². The van der Waals surface area contributed by atoms with E-state index in [9.17, 15) is 0 Å². The molecule has 2 N–H and O–H groups in total. The molecule has 0 unspecified atom stereocenters. The molecule has 20 heavy (non-hydrogen) atoms. The number of hydrogen-bond acceptors (Lipinski definition) is 4. The number of nitrogens with zero attached hydrogens (tertiary/aromatic N) is 2. The average Bonchev–Trinajstić information content (AvgIpc) is 2.46. The van der Waals surface area contributed by atoms with Crippen LogP contribution in [0.2, 0.25) is 0 Å². The largest absolute Gasteiger partial charge is 0.497 e. The predicted octanol–water partition coefficient (Wildman–Crippen LogP) is 1.70. The van der Waals surface area contributed by atoms with Gasteiger partial charge in [0.2, 0.25) is 0 Å². The maximum absolute atomic E-state index is 6.35. The minimum Gasteiger partial charge on any atom is -0.497 e. The van der Waals surface area contributed by atoms with Gasteiger partial charge in [0, 0.05) is 50.0 Å². The molecule has 0 bridgehead atoms. The first-order chi connectivity index (χ1) is 9.68. The van der Waals surface area contributed by atoms with Crippen molar-refractivity contribution in [2.45, 2.75) is 24.8 Å². The van der Waals surface area contributed by atoms with E-state index in [1.165, 1.54) is 24.9 Å². The first-order valence-electron chi connectivity index (χ1n) is 7.59. The third-order valence-electron chi connectivity index (χ3n) is 4.68. The van der Waals surface area contributed by atoms with E-state index in [1.807, 2.05) is 6.07 Å². The third-order valence-corrected chi connectivity index (χ3v) is 4.68. The van der Waals surface area contributed by atoms with Crippen LogP contribution >= 0.6 is 0 Å². The molecule has 0 spiro atoms. The van der Waals surface area contributed by atoms with Crippen molar-refractivity contribution in [3.8, 4) is 5.75 Å². The Labute approximate surface area is 121 Å². The topological polar surface area (TPSA) is 41.7 Å². The van der Waals surface area contributed by atoms with Crippen molar-refractivity contribution < 1.29 is 4.74 Å². The summed E-state index contributed by atoms with van der Waals surface area (Å²) in [5.41, 5.74) is 7.71. The van der Waals surface area contributed by atoms with Gasteiger partial charge in [0.25, 0.3) is 0 Å². The molecule has 2 fully saturated rings. The lowest BCUT2D eigenvalue weighted by atomic mass is 9.77. The summed E-state index contributed by atoms with van der Waals surface area (Å²) < 4.78 is 5.30. The molecule has 1 aromatic carbocycles. The highest BCUT2D eigenvalue weighted by atomic mass is 16.5. The van der Waals surface area contributed by atoms with Crippen LogP contribution in [0.3, 0.4) is 0 Å². The number of benzene rings is 1. The molecular formula is C16H25N3O. The zero-order valence-electron chi connectivity index (χ0n) is 12.3. The van der Waals surface area contributed by atoms with Gasteiger partial charge in [-0.15, -0.1) is 0 Å². The van der Waals surface area contributed by atoms with Crippen molar-refractivity contribution in [2.75, 3.05) is 44.7 Å². The van der Waals surface area contributed by atoms with E-state index in [2.05, 4.69) is 28.0 Å². The van der Waals surface area contributed by atoms with Crippen LogP contribution < -0.4 is 15.4 Å². The monoisotopic (exact) mass is 275 g/mol. The molecule has 4 heteroatoms. The third kappa shape index (κ3) is 2.91. The van der Waals surface area contributed by atoms with E-state index in [-0.39, 0.29) is 5.54 Å². The van der Waals surface area contributed by atoms with Crippen molar-refractivity contribution >= 4 is 5.69 Å². The Bertz CT molecular complexity index is 451. The Kier molecular flexibility index (Phi) is 3.85. The molecule has 1 aliphatic carbocycles. The van der Waals surface area contributed by atoms with Gasteiger partial charge in [0.15, 0.2) is 0 Å². The number of ether oxygens (including phenoxy) is 1. The highest BCUT2D eigenvalue weighted by Crippen LogP contribution is 2.30. The summed E-state index contributed by atoms with van der Waals surface area (Å²) in [7, 11) is 1.72. The summed E-state index contributed by atoms with van der Waals surface area (Å²) in [5, 5.41) is 0. The summed E-state index contributed by atoms with van der Waals surface area (Å²) in [4.78, 5) is 4.96. The Morgan fingerprint density at radius 1 is 1.20 bits per heavy atom. The number of rotatable bonds is 4. The van der Waals surface area contributed by atoms with E-state index >= 15 is 0 Å². The lowest BCUT2D eigenvalue weighted by Crippen LogP contribution is -2.58. The molecule has 3 rings (SSSR count). The van der Waals surface area contributed by atoms with Gasteiger partial charge in [-0.3, -0.25) is 4.90 Å². The second-order valence-electron chi connectivity index (χ2n) is 6.18. The Morgan fingerprint density at radius 3 is 2.55 bits per heavy atom. The molecule has 0 aromatic heterocycles. The molecular weight excluding hydrogens is 250 g/mol. The fourth-order valence-electron chi connectivity index (χ4n) is 3.21. The summed E-state index contributed by atoms with van der Waals surface area (Å²) in [6, 6.07) is 8.33. The van der Waals surface area contributed by atoms with E-state index in [0.717, 1.165) is 38.5 Å². The SMILES string of the molecule is COc1cccc(N2CCN(CC3(N)CCC3)CC2)c1. The van der Waals surface area contributed by atoms with E-state index in [4.69, 9.17) is 10.5 Å². The van der Waals surface area contributed by atoms with Gasteiger partial charge in [-0.25, -0.2) is 0 Å². The van der Waals surface area contributed by atoms with Crippen LogP contribution in [0.4, 0.5) is 5.69 Å². The molecule has 1 saturated carbocycles. The van der Waals surface area contributed by atoms with Crippen molar-refractivity contribution in [1.29, 1.82) is 0 Å². The Balaban J connectivity index is 1.55. The van der Waals surface area contributed by atoms with Crippen LogP contribution in [0.1, 0.15) is 19.3 Å². The Morgan fingerprint density at radius 2 is 1.95 bits per heavy atom. The van der Waals surface area contributed by atoms with Gasteiger partial charge in [-0.2, -0.15) is 0 Å². The summed E-state index contributed by atoms with van der Waals surface area (Å²) in [5.74, 6) is 0.931. The summed E-state index contributed by atoms with van der Waals surface area (Å²) >= 11 is 0. The smallest absolute Gasteiger partial charge is 0.120 e. The Hall–Kier alpha value is -1.26. The second kappa shape index (κ2) is 5.62. The predicted molar refractivity (Wildman–Crippen MR) is 82.4 cm³/mol. The fourth-order valence-corrected chi connectivity index (χ4v) is 3.21. The van der Waals surface area contributed by atoms with Gasteiger partial charge in [-0.1, -0.05) is 6.07 Å². The lowest BCUT2D eigenvalue weighted by molar-refractivity contribution is 0.139. The zero-order chi connectivity index (χ0) is 14.0. The first kappa shape index (κ1) is 13.7. The van der Waals surface area contributed by atoms with Crippen LogP contribution in [0, 0.1) is 0 Å². The van der Waals surface area contributed by atoms with Gasteiger partial charge < -0.3 is 15.4 Å². The molecule has 1 aromatic rings. The zero-order valence-corrected chi connectivity index (χ0v) is 12.3. The van der Waals surface area contributed by atoms with Gasteiger partial charge in [-0.05, 0) is 31.4 Å². The highest BCUT2D eigenvalue weighted by Gasteiger charge is 2.34. The standard InChI is InChI=1S/C16H25N3O/c1-20-15-5-2-4-14(12-15)19-10-8-18(9-11-19)13-16(17)6-3-7-16/h2,4-5,12H,3,6-11,13,17H2,1H3. The highest BCUT2D eigenvalue weighted by molar-refractivity contribution is 5.51. The molecule has 1 saturated heterocycles. The average molecular weight is 275 g/mol.